The third-order valence-corrected chi connectivity index (χ3v) is 3.55. The van der Waals surface area contributed by atoms with Gasteiger partial charge in [-0.3, -0.25) is 0 Å². The summed E-state index contributed by atoms with van der Waals surface area (Å²) in [4.78, 5) is 10.5. The Morgan fingerprint density at radius 2 is 2.13 bits per heavy atom. The number of hydrogen-bond donors (Lipinski definition) is 0. The summed E-state index contributed by atoms with van der Waals surface area (Å²) in [5.41, 5.74) is 0.891. The van der Waals surface area contributed by atoms with Crippen LogP contribution in [-0.4, -0.2) is 8.42 Å². The van der Waals surface area contributed by atoms with Crippen LogP contribution in [0.15, 0.2) is 27.4 Å². The highest BCUT2D eigenvalue weighted by molar-refractivity contribution is 8.13. The highest BCUT2D eigenvalue weighted by Crippen LogP contribution is 2.20. The van der Waals surface area contributed by atoms with Crippen LogP contribution in [0.5, 0.6) is 0 Å². The van der Waals surface area contributed by atoms with Crippen LogP contribution >= 0.6 is 22.0 Å². The fraction of sp³-hybridized carbons (Fsp3) is 0.125. The fourth-order valence-electron chi connectivity index (χ4n) is 1.21. The number of fused-ring (bicyclic) bond motifs is 1. The summed E-state index contributed by atoms with van der Waals surface area (Å²) in [6.45, 7) is 0. The van der Waals surface area contributed by atoms with E-state index in [1.54, 1.807) is 12.1 Å². The predicted octanol–water partition coefficient (Wildman–Crippen LogP) is 1.92. The van der Waals surface area contributed by atoms with Crippen LogP contribution in [0, 0.1) is 0 Å². The molecular formula is C8H5ClO4S2. The Morgan fingerprint density at radius 3 is 2.80 bits per heavy atom. The summed E-state index contributed by atoms with van der Waals surface area (Å²) in [5.74, 6) is -0.274. The maximum atomic E-state index is 10.9. The summed E-state index contributed by atoms with van der Waals surface area (Å²) in [5, 5.41) is 0. The lowest BCUT2D eigenvalue weighted by Gasteiger charge is -1.96. The Hall–Kier alpha value is -0.850. The molecule has 0 spiro atoms. The average Bonchev–Trinajstić information content (AvgIpc) is 2.40. The first kappa shape index (κ1) is 10.7. The van der Waals surface area contributed by atoms with Crippen molar-refractivity contribution in [1.82, 2.24) is 0 Å². The van der Waals surface area contributed by atoms with Crippen molar-refractivity contribution in [3.63, 3.8) is 0 Å². The molecule has 0 fully saturated rings. The van der Waals surface area contributed by atoms with Gasteiger partial charge in [-0.15, -0.1) is 0 Å². The SMILES string of the molecule is O=c1oc2cc(CS(=O)(=O)Cl)ccc2s1. The van der Waals surface area contributed by atoms with Crippen molar-refractivity contribution in [2.45, 2.75) is 5.75 Å². The first-order chi connectivity index (χ1) is 6.94. The van der Waals surface area contributed by atoms with Crippen molar-refractivity contribution >= 4 is 41.4 Å². The second-order valence-corrected chi connectivity index (χ2v) is 6.67. The molecule has 1 aromatic carbocycles. The normalized spacial score (nSPS) is 12.1. The largest absolute Gasteiger partial charge is 0.414 e. The van der Waals surface area contributed by atoms with E-state index < -0.39 is 14.0 Å². The minimum Gasteiger partial charge on any atom is -0.414 e. The molecule has 0 amide bonds. The molecule has 1 heterocycles. The van der Waals surface area contributed by atoms with Gasteiger partial charge in [0, 0.05) is 10.7 Å². The van der Waals surface area contributed by atoms with E-state index in [1.165, 1.54) is 6.07 Å². The summed E-state index contributed by atoms with van der Waals surface area (Å²) >= 11 is 0.974. The third kappa shape index (κ3) is 2.58. The number of halogens is 1. The lowest BCUT2D eigenvalue weighted by atomic mass is 10.2. The molecule has 0 N–H and O–H groups in total. The molecule has 15 heavy (non-hydrogen) atoms. The molecule has 0 saturated heterocycles. The van der Waals surface area contributed by atoms with E-state index in [-0.39, 0.29) is 5.75 Å². The Bertz CT molecular complexity index is 653. The topological polar surface area (TPSA) is 64.3 Å². The Labute approximate surface area is 93.5 Å². The van der Waals surface area contributed by atoms with Gasteiger partial charge in [-0.05, 0) is 17.7 Å². The van der Waals surface area contributed by atoms with Gasteiger partial charge in [0.15, 0.2) is 0 Å². The molecule has 0 unspecified atom stereocenters. The lowest BCUT2D eigenvalue weighted by Crippen LogP contribution is -1.94. The van der Waals surface area contributed by atoms with Crippen LogP contribution in [0.1, 0.15) is 5.56 Å². The van der Waals surface area contributed by atoms with Crippen molar-refractivity contribution in [3.05, 3.63) is 33.5 Å². The molecule has 0 aliphatic rings. The van der Waals surface area contributed by atoms with Gasteiger partial charge in [-0.1, -0.05) is 17.4 Å². The van der Waals surface area contributed by atoms with Gasteiger partial charge in [-0.25, -0.2) is 13.2 Å². The number of benzene rings is 1. The predicted molar refractivity (Wildman–Crippen MR) is 58.8 cm³/mol. The monoisotopic (exact) mass is 264 g/mol. The van der Waals surface area contributed by atoms with Crippen LogP contribution in [0.4, 0.5) is 0 Å². The molecule has 0 aliphatic heterocycles. The minimum absolute atomic E-state index is 0.274. The van der Waals surface area contributed by atoms with E-state index in [9.17, 15) is 13.2 Å². The van der Waals surface area contributed by atoms with Gasteiger partial charge in [-0.2, -0.15) is 0 Å². The second kappa shape index (κ2) is 3.62. The minimum atomic E-state index is -3.58. The zero-order chi connectivity index (χ0) is 11.1. The molecule has 1 aromatic heterocycles. The van der Waals surface area contributed by atoms with Gasteiger partial charge in [0.25, 0.3) is 0 Å². The molecule has 7 heteroatoms. The molecule has 0 saturated carbocycles. The van der Waals surface area contributed by atoms with Crippen LogP contribution in [0.3, 0.4) is 0 Å². The molecule has 0 atom stereocenters. The maximum absolute atomic E-state index is 10.9. The fourth-order valence-corrected chi connectivity index (χ4v) is 2.81. The average molecular weight is 265 g/mol. The number of rotatable bonds is 2. The van der Waals surface area contributed by atoms with Crippen LogP contribution < -0.4 is 4.94 Å². The summed E-state index contributed by atoms with van der Waals surface area (Å²) < 4.78 is 27.2. The standard InChI is InChI=1S/C8H5ClO4S2/c9-15(11,12)4-5-1-2-7-6(3-5)13-8(10)14-7/h1-3H,4H2. The van der Waals surface area contributed by atoms with Gasteiger partial charge < -0.3 is 4.42 Å². The molecule has 2 rings (SSSR count). The van der Waals surface area contributed by atoms with Crippen molar-refractivity contribution < 1.29 is 12.8 Å². The van der Waals surface area contributed by atoms with E-state index in [4.69, 9.17) is 15.1 Å². The lowest BCUT2D eigenvalue weighted by molar-refractivity contribution is 0.585. The van der Waals surface area contributed by atoms with E-state index in [0.717, 1.165) is 11.3 Å². The molecular weight excluding hydrogens is 260 g/mol. The molecule has 0 aliphatic carbocycles. The smallest absolute Gasteiger partial charge is 0.396 e. The van der Waals surface area contributed by atoms with Crippen molar-refractivity contribution in [1.29, 1.82) is 0 Å². The second-order valence-electron chi connectivity index (χ2n) is 2.92. The van der Waals surface area contributed by atoms with Crippen molar-refractivity contribution in [2.24, 2.45) is 0 Å². The van der Waals surface area contributed by atoms with E-state index in [1.807, 2.05) is 0 Å². The summed E-state index contributed by atoms with van der Waals surface area (Å²) in [6.07, 6.45) is 0. The van der Waals surface area contributed by atoms with Crippen LogP contribution in [0.25, 0.3) is 10.3 Å². The Balaban J connectivity index is 2.51. The zero-order valence-corrected chi connectivity index (χ0v) is 9.66. The maximum Gasteiger partial charge on any atom is 0.396 e. The Morgan fingerprint density at radius 1 is 1.40 bits per heavy atom. The zero-order valence-electron chi connectivity index (χ0n) is 7.27. The van der Waals surface area contributed by atoms with E-state index >= 15 is 0 Å². The summed E-state index contributed by atoms with van der Waals surface area (Å²) in [7, 11) is 1.52. The number of hydrogen-bond acceptors (Lipinski definition) is 5. The van der Waals surface area contributed by atoms with Gasteiger partial charge in [0.05, 0.1) is 10.5 Å². The molecule has 4 nitrogen and oxygen atoms in total. The van der Waals surface area contributed by atoms with Crippen molar-refractivity contribution in [2.75, 3.05) is 0 Å². The van der Waals surface area contributed by atoms with Gasteiger partial charge in [0.1, 0.15) is 5.58 Å². The van der Waals surface area contributed by atoms with Crippen LogP contribution in [0.2, 0.25) is 0 Å². The quantitative estimate of drug-likeness (QED) is 0.778. The molecule has 2 aromatic rings. The van der Waals surface area contributed by atoms with E-state index in [2.05, 4.69) is 0 Å². The van der Waals surface area contributed by atoms with E-state index in [0.29, 0.717) is 15.8 Å². The third-order valence-electron chi connectivity index (χ3n) is 1.73. The molecule has 80 valence electrons. The summed E-state index contributed by atoms with van der Waals surface area (Å²) in [6, 6.07) is 4.75. The highest BCUT2D eigenvalue weighted by Gasteiger charge is 2.09. The highest BCUT2D eigenvalue weighted by atomic mass is 35.7. The van der Waals surface area contributed by atoms with Gasteiger partial charge in [0.2, 0.25) is 9.05 Å². The van der Waals surface area contributed by atoms with Crippen molar-refractivity contribution in [3.8, 4) is 0 Å². The first-order valence-electron chi connectivity index (χ1n) is 3.89. The molecule has 0 bridgehead atoms. The molecule has 0 radical (unpaired) electrons. The first-order valence-corrected chi connectivity index (χ1v) is 7.18. The van der Waals surface area contributed by atoms with Crippen LogP contribution in [-0.2, 0) is 14.8 Å². The Kier molecular flexibility index (Phi) is 2.57. The van der Waals surface area contributed by atoms with Gasteiger partial charge >= 0.3 is 4.94 Å².